The van der Waals surface area contributed by atoms with E-state index in [4.69, 9.17) is 0 Å². The average Bonchev–Trinajstić information content (AvgIpc) is 3.33. The van der Waals surface area contributed by atoms with Crippen LogP contribution in [0.4, 0.5) is 0 Å². The number of nitrogens with one attached hydrogen (secondary N) is 1. The van der Waals surface area contributed by atoms with Crippen LogP contribution in [0, 0.1) is 0 Å². The summed E-state index contributed by atoms with van der Waals surface area (Å²) >= 11 is 0. The molecule has 0 aromatic rings. The van der Waals surface area contributed by atoms with Crippen LogP contribution < -0.4 is 5.32 Å². The van der Waals surface area contributed by atoms with E-state index in [0.717, 1.165) is 25.7 Å². The van der Waals surface area contributed by atoms with Crippen LogP contribution in [-0.2, 0) is 4.79 Å². The molecule has 5 nitrogen and oxygen atoms in total. The van der Waals surface area contributed by atoms with Crippen molar-refractivity contribution in [2.45, 2.75) is 392 Å². The van der Waals surface area contributed by atoms with Crippen molar-refractivity contribution in [3.63, 3.8) is 0 Å². The van der Waals surface area contributed by atoms with Crippen LogP contribution in [0.1, 0.15) is 373 Å². The summed E-state index contributed by atoms with van der Waals surface area (Å²) in [6.07, 6.45) is 73.0. The second-order valence-electron chi connectivity index (χ2n) is 22.4. The van der Waals surface area contributed by atoms with Gasteiger partial charge in [0.2, 0.25) is 5.91 Å². The van der Waals surface area contributed by atoms with Gasteiger partial charge in [0.25, 0.3) is 0 Å². The lowest BCUT2D eigenvalue weighted by Gasteiger charge is -2.23. The molecule has 0 aromatic heterocycles. The van der Waals surface area contributed by atoms with E-state index in [0.29, 0.717) is 12.8 Å². The number of amides is 1. The van der Waals surface area contributed by atoms with Gasteiger partial charge < -0.3 is 20.6 Å². The topological polar surface area (TPSA) is 89.8 Å². The van der Waals surface area contributed by atoms with Gasteiger partial charge in [0, 0.05) is 0 Å². The molecule has 0 saturated carbocycles. The van der Waals surface area contributed by atoms with Crippen LogP contribution >= 0.6 is 0 Å². The van der Waals surface area contributed by atoms with Crippen LogP contribution in [0.25, 0.3) is 0 Å². The molecule has 68 heavy (non-hydrogen) atoms. The van der Waals surface area contributed by atoms with Gasteiger partial charge in [-0.1, -0.05) is 354 Å². The molecule has 0 bridgehead atoms. The minimum atomic E-state index is -0.745. The van der Waals surface area contributed by atoms with Gasteiger partial charge in [0.05, 0.1) is 31.3 Å². The molecular weight excluding hydrogens is 835 g/mol. The van der Waals surface area contributed by atoms with Crippen molar-refractivity contribution < 1.29 is 20.1 Å². The molecule has 4 N–H and O–H groups in total. The first-order valence-electron chi connectivity index (χ1n) is 31.8. The summed E-state index contributed by atoms with van der Waals surface area (Å²) in [5.41, 5.74) is 0. The molecule has 3 atom stereocenters. The molecule has 5 heteroatoms. The Balaban J connectivity index is 3.41. The summed E-state index contributed by atoms with van der Waals surface area (Å²) in [7, 11) is 0. The second-order valence-corrected chi connectivity index (χ2v) is 22.4. The Morgan fingerprint density at radius 2 is 0.500 bits per heavy atom. The van der Waals surface area contributed by atoms with Crippen molar-refractivity contribution in [2.24, 2.45) is 0 Å². The van der Waals surface area contributed by atoms with Crippen molar-refractivity contribution in [1.29, 1.82) is 0 Å². The number of hydrogen-bond donors (Lipinski definition) is 4. The van der Waals surface area contributed by atoms with E-state index in [-0.39, 0.29) is 18.9 Å². The minimum Gasteiger partial charge on any atom is -0.394 e. The number of carbonyl (C=O) groups is 1. The van der Waals surface area contributed by atoms with Crippen molar-refractivity contribution in [1.82, 2.24) is 5.32 Å². The van der Waals surface area contributed by atoms with Gasteiger partial charge in [-0.15, -0.1) is 0 Å². The number of aliphatic hydroxyl groups is 3. The average molecular weight is 963 g/mol. The maximum atomic E-state index is 12.6. The van der Waals surface area contributed by atoms with Gasteiger partial charge in [0.15, 0.2) is 0 Å². The fourth-order valence-electron chi connectivity index (χ4n) is 10.6. The highest BCUT2D eigenvalue weighted by Gasteiger charge is 2.21. The van der Waals surface area contributed by atoms with Crippen LogP contribution in [0.15, 0.2) is 0 Å². The molecule has 0 radical (unpaired) electrons. The molecule has 0 aliphatic heterocycles. The molecule has 1 amide bonds. The third-order valence-corrected chi connectivity index (χ3v) is 15.4. The summed E-state index contributed by atoms with van der Waals surface area (Å²) in [5.74, 6) is -0.273. The van der Waals surface area contributed by atoms with Gasteiger partial charge in [-0.2, -0.15) is 0 Å². The normalized spacial score (nSPS) is 13.1. The molecule has 0 fully saturated rings. The van der Waals surface area contributed by atoms with Crippen molar-refractivity contribution in [3.05, 3.63) is 0 Å². The van der Waals surface area contributed by atoms with E-state index >= 15 is 0 Å². The molecule has 0 aliphatic rings. The van der Waals surface area contributed by atoms with Crippen LogP contribution in [0.3, 0.4) is 0 Å². The van der Waals surface area contributed by atoms with Gasteiger partial charge in [-0.25, -0.2) is 0 Å². The van der Waals surface area contributed by atoms with E-state index in [1.54, 1.807) is 0 Å². The van der Waals surface area contributed by atoms with E-state index in [1.165, 1.54) is 315 Å². The Bertz CT molecular complexity index is 929. The molecular formula is C63H127NO4. The largest absolute Gasteiger partial charge is 0.394 e. The number of carbonyl (C=O) groups excluding carboxylic acids is 1. The highest BCUT2D eigenvalue weighted by atomic mass is 16.3. The summed E-state index contributed by atoms with van der Waals surface area (Å²) in [4.78, 5) is 12.6. The molecule has 0 rings (SSSR count). The predicted molar refractivity (Wildman–Crippen MR) is 301 cm³/mol. The Morgan fingerprint density at radius 1 is 0.309 bits per heavy atom. The Kier molecular flexibility index (Phi) is 58.4. The molecule has 408 valence electrons. The van der Waals surface area contributed by atoms with Crippen molar-refractivity contribution >= 4 is 5.91 Å². The smallest absolute Gasteiger partial charge is 0.222 e. The summed E-state index contributed by atoms with van der Waals surface area (Å²) in [6, 6.07) is -0.654. The van der Waals surface area contributed by atoms with Crippen LogP contribution in [0.5, 0.6) is 0 Å². The van der Waals surface area contributed by atoms with Gasteiger partial charge >= 0.3 is 0 Å². The first-order chi connectivity index (χ1) is 33.5. The summed E-state index contributed by atoms with van der Waals surface area (Å²) < 4.78 is 0. The molecule has 0 saturated heterocycles. The zero-order chi connectivity index (χ0) is 49.3. The van der Waals surface area contributed by atoms with E-state index in [9.17, 15) is 20.1 Å². The maximum Gasteiger partial charge on any atom is 0.222 e. The second kappa shape index (κ2) is 58.9. The van der Waals surface area contributed by atoms with Crippen molar-refractivity contribution in [2.75, 3.05) is 6.61 Å². The lowest BCUT2D eigenvalue weighted by atomic mass is 10.0. The van der Waals surface area contributed by atoms with E-state index < -0.39 is 18.2 Å². The first-order valence-corrected chi connectivity index (χ1v) is 31.8. The minimum absolute atomic E-state index is 0.0437. The standard InChI is InChI=1S/C63H127NO4/c1-3-5-7-9-11-13-15-17-19-21-23-24-25-26-27-28-29-30-31-32-33-34-35-36-37-38-39-40-42-44-46-48-50-52-54-56-60(66)58-63(68)64-61(59-65)62(67)57-55-53-51-49-47-45-43-41-22-20-18-16-14-12-10-8-6-4-2/h60-62,65-67H,3-59H2,1-2H3,(H,64,68). The first kappa shape index (κ1) is 67.3. The number of rotatable bonds is 60. The Labute approximate surface area is 427 Å². The highest BCUT2D eigenvalue weighted by molar-refractivity contribution is 5.76. The van der Waals surface area contributed by atoms with Crippen LogP contribution in [0.2, 0.25) is 0 Å². The fourth-order valence-corrected chi connectivity index (χ4v) is 10.6. The lowest BCUT2D eigenvalue weighted by molar-refractivity contribution is -0.125. The fraction of sp³-hybridized carbons (Fsp3) is 0.984. The zero-order valence-corrected chi connectivity index (χ0v) is 46.8. The molecule has 0 aliphatic carbocycles. The Hall–Kier alpha value is -0.650. The van der Waals surface area contributed by atoms with Crippen LogP contribution in [-0.4, -0.2) is 46.1 Å². The highest BCUT2D eigenvalue weighted by Crippen LogP contribution is 2.19. The van der Waals surface area contributed by atoms with E-state index in [1.807, 2.05) is 0 Å². The summed E-state index contributed by atoms with van der Waals surface area (Å²) in [6.45, 7) is 4.31. The zero-order valence-electron chi connectivity index (χ0n) is 46.8. The monoisotopic (exact) mass is 962 g/mol. The van der Waals surface area contributed by atoms with Crippen molar-refractivity contribution in [3.8, 4) is 0 Å². The quantitative estimate of drug-likeness (QED) is 0.0457. The van der Waals surface area contributed by atoms with Gasteiger partial charge in [-0.3, -0.25) is 4.79 Å². The van der Waals surface area contributed by atoms with Gasteiger partial charge in [0.1, 0.15) is 0 Å². The molecule has 0 spiro atoms. The SMILES string of the molecule is CCCCCCCCCCCCCCCCCCCCCCCCCCCCCCCCCCCCCC(O)CC(=O)NC(CO)C(O)CCCCCCCCCCCCCCCCCCCC. The van der Waals surface area contributed by atoms with E-state index in [2.05, 4.69) is 19.2 Å². The Morgan fingerprint density at radius 3 is 0.706 bits per heavy atom. The number of aliphatic hydroxyl groups excluding tert-OH is 3. The number of unbranched alkanes of at least 4 members (excludes halogenated alkanes) is 51. The third kappa shape index (κ3) is 54.7. The molecule has 0 heterocycles. The summed E-state index contributed by atoms with van der Waals surface area (Å²) in [5, 5.41) is 33.7. The molecule has 0 aromatic carbocycles. The van der Waals surface area contributed by atoms with Gasteiger partial charge in [-0.05, 0) is 12.8 Å². The third-order valence-electron chi connectivity index (χ3n) is 15.4. The molecule has 3 unspecified atom stereocenters. The lowest BCUT2D eigenvalue weighted by Crippen LogP contribution is -2.46. The maximum absolute atomic E-state index is 12.6. The number of hydrogen-bond acceptors (Lipinski definition) is 4. The predicted octanol–water partition coefficient (Wildman–Crippen LogP) is 20.1.